The highest BCUT2D eigenvalue weighted by Crippen LogP contribution is 2.15. The number of aromatic nitrogens is 2. The summed E-state index contributed by atoms with van der Waals surface area (Å²) in [4.78, 5) is 8.30. The van der Waals surface area contributed by atoms with Gasteiger partial charge in [-0.1, -0.05) is 6.07 Å². The number of aromatic hydroxyl groups is 1. The first-order valence-electron chi connectivity index (χ1n) is 4.74. The van der Waals surface area contributed by atoms with Crippen LogP contribution in [0.2, 0.25) is 0 Å². The first-order chi connectivity index (χ1) is 7.74. The summed E-state index contributed by atoms with van der Waals surface area (Å²) in [6.45, 7) is 0.517. The second-order valence-corrected chi connectivity index (χ2v) is 4.01. The van der Waals surface area contributed by atoms with E-state index in [1.54, 1.807) is 30.5 Å². The van der Waals surface area contributed by atoms with E-state index in [2.05, 4.69) is 31.2 Å². The molecule has 0 saturated heterocycles. The molecular weight excluding hydrogens is 270 g/mol. The van der Waals surface area contributed by atoms with Gasteiger partial charge < -0.3 is 10.4 Å². The van der Waals surface area contributed by atoms with Gasteiger partial charge in [-0.05, 0) is 34.1 Å². The number of phenolic OH excluding ortho intramolecular Hbond substituents is 1. The van der Waals surface area contributed by atoms with Crippen LogP contribution in [0.3, 0.4) is 0 Å². The van der Waals surface area contributed by atoms with Crippen molar-refractivity contribution in [2.24, 2.45) is 0 Å². The van der Waals surface area contributed by atoms with Gasteiger partial charge in [0.1, 0.15) is 16.2 Å². The van der Waals surface area contributed by atoms with Crippen molar-refractivity contribution in [3.63, 3.8) is 0 Å². The first kappa shape index (κ1) is 10.9. The van der Waals surface area contributed by atoms with Crippen LogP contribution < -0.4 is 5.32 Å². The number of anilines is 1. The summed E-state index contributed by atoms with van der Waals surface area (Å²) in [6, 6.07) is 8.70. The highest BCUT2D eigenvalue weighted by Gasteiger charge is 1.98. The van der Waals surface area contributed by atoms with Gasteiger partial charge in [-0.2, -0.15) is 0 Å². The monoisotopic (exact) mass is 279 g/mol. The maximum Gasteiger partial charge on any atom is 0.148 e. The van der Waals surface area contributed by atoms with Gasteiger partial charge in [0.25, 0.3) is 0 Å². The lowest BCUT2D eigenvalue weighted by atomic mass is 10.3. The molecule has 2 N–H and O–H groups in total. The maximum absolute atomic E-state index is 9.28. The third-order valence-corrected chi connectivity index (χ3v) is 2.41. The number of hydrogen-bond acceptors (Lipinski definition) is 4. The molecule has 0 unspecified atom stereocenters. The molecule has 1 aromatic carbocycles. The second kappa shape index (κ2) is 4.94. The zero-order chi connectivity index (χ0) is 11.4. The standard InChI is InChI=1S/C11H10BrN3O/c12-10-4-5-13-11(15-10)7-14-8-2-1-3-9(16)6-8/h1-6,14,16H,7H2. The largest absolute Gasteiger partial charge is 0.508 e. The van der Waals surface area contributed by atoms with Crippen LogP contribution in [0, 0.1) is 0 Å². The minimum Gasteiger partial charge on any atom is -0.508 e. The Hall–Kier alpha value is -1.62. The average molecular weight is 280 g/mol. The molecule has 16 heavy (non-hydrogen) atoms. The van der Waals surface area contributed by atoms with Gasteiger partial charge in [0, 0.05) is 18.0 Å². The Morgan fingerprint density at radius 3 is 2.94 bits per heavy atom. The Kier molecular flexibility index (Phi) is 3.36. The summed E-state index contributed by atoms with van der Waals surface area (Å²) in [7, 11) is 0. The lowest BCUT2D eigenvalue weighted by Crippen LogP contribution is -2.03. The molecule has 5 heteroatoms. The highest BCUT2D eigenvalue weighted by molar-refractivity contribution is 9.10. The molecular formula is C11H10BrN3O. The molecule has 2 aromatic rings. The van der Waals surface area contributed by atoms with E-state index in [-0.39, 0.29) is 5.75 Å². The SMILES string of the molecule is Oc1cccc(NCc2nccc(Br)n2)c1. The third kappa shape index (κ3) is 2.93. The molecule has 0 aliphatic heterocycles. The summed E-state index contributed by atoms with van der Waals surface area (Å²) >= 11 is 3.28. The summed E-state index contributed by atoms with van der Waals surface area (Å²) in [5.41, 5.74) is 0.837. The zero-order valence-corrected chi connectivity index (χ0v) is 9.98. The van der Waals surface area contributed by atoms with Gasteiger partial charge >= 0.3 is 0 Å². The Balaban J connectivity index is 2.02. The van der Waals surface area contributed by atoms with Gasteiger partial charge in [-0.3, -0.25) is 0 Å². The van der Waals surface area contributed by atoms with Crippen molar-refractivity contribution in [1.82, 2.24) is 9.97 Å². The average Bonchev–Trinajstić information content (AvgIpc) is 2.27. The lowest BCUT2D eigenvalue weighted by Gasteiger charge is -2.05. The van der Waals surface area contributed by atoms with Crippen molar-refractivity contribution in [3.05, 3.63) is 47.0 Å². The minimum absolute atomic E-state index is 0.236. The van der Waals surface area contributed by atoms with Crippen molar-refractivity contribution < 1.29 is 5.11 Å². The molecule has 0 amide bonds. The maximum atomic E-state index is 9.28. The van der Waals surface area contributed by atoms with E-state index in [4.69, 9.17) is 0 Å². The first-order valence-corrected chi connectivity index (χ1v) is 5.54. The summed E-state index contributed by atoms with van der Waals surface area (Å²) in [6.07, 6.45) is 1.69. The van der Waals surface area contributed by atoms with Crippen molar-refractivity contribution >= 4 is 21.6 Å². The Labute approximate surface area is 102 Å². The van der Waals surface area contributed by atoms with E-state index in [0.29, 0.717) is 12.4 Å². The second-order valence-electron chi connectivity index (χ2n) is 3.20. The molecule has 2 rings (SSSR count). The number of halogens is 1. The third-order valence-electron chi connectivity index (χ3n) is 1.97. The predicted molar refractivity (Wildman–Crippen MR) is 65.2 cm³/mol. The molecule has 0 fully saturated rings. The van der Waals surface area contributed by atoms with Crippen LogP contribution in [0.4, 0.5) is 5.69 Å². The normalized spacial score (nSPS) is 10.1. The minimum atomic E-state index is 0.236. The molecule has 0 aliphatic carbocycles. The summed E-state index contributed by atoms with van der Waals surface area (Å²) in [5, 5.41) is 12.4. The van der Waals surface area contributed by atoms with Crippen molar-refractivity contribution in [2.75, 3.05) is 5.32 Å². The van der Waals surface area contributed by atoms with Gasteiger partial charge in [0.15, 0.2) is 0 Å². The number of nitrogens with one attached hydrogen (secondary N) is 1. The molecule has 0 atom stereocenters. The molecule has 1 aromatic heterocycles. The van der Waals surface area contributed by atoms with E-state index in [0.717, 1.165) is 10.3 Å². The van der Waals surface area contributed by atoms with Crippen LogP contribution >= 0.6 is 15.9 Å². The topological polar surface area (TPSA) is 58.0 Å². The smallest absolute Gasteiger partial charge is 0.148 e. The van der Waals surface area contributed by atoms with E-state index in [1.165, 1.54) is 0 Å². The van der Waals surface area contributed by atoms with E-state index in [1.807, 2.05) is 6.07 Å². The summed E-state index contributed by atoms with van der Waals surface area (Å²) < 4.78 is 0.759. The Morgan fingerprint density at radius 2 is 2.19 bits per heavy atom. The fraction of sp³-hybridized carbons (Fsp3) is 0.0909. The number of benzene rings is 1. The lowest BCUT2D eigenvalue weighted by molar-refractivity contribution is 0.475. The quantitative estimate of drug-likeness (QED) is 0.848. The zero-order valence-electron chi connectivity index (χ0n) is 8.39. The number of nitrogens with zero attached hydrogens (tertiary/aromatic N) is 2. The molecule has 0 bridgehead atoms. The number of rotatable bonds is 3. The van der Waals surface area contributed by atoms with Crippen molar-refractivity contribution in [3.8, 4) is 5.75 Å². The Morgan fingerprint density at radius 1 is 1.31 bits per heavy atom. The van der Waals surface area contributed by atoms with E-state index >= 15 is 0 Å². The number of phenols is 1. The predicted octanol–water partition coefficient (Wildman–Crippen LogP) is 2.56. The van der Waals surface area contributed by atoms with Crippen LogP contribution in [-0.2, 0) is 6.54 Å². The molecule has 4 nitrogen and oxygen atoms in total. The number of hydrogen-bond donors (Lipinski definition) is 2. The summed E-state index contributed by atoms with van der Waals surface area (Å²) in [5.74, 6) is 0.929. The van der Waals surface area contributed by atoms with Gasteiger partial charge in [-0.15, -0.1) is 0 Å². The van der Waals surface area contributed by atoms with Gasteiger partial charge in [0.2, 0.25) is 0 Å². The van der Waals surface area contributed by atoms with Crippen LogP contribution in [0.15, 0.2) is 41.1 Å². The molecule has 82 valence electrons. The Bertz CT molecular complexity index is 445. The fourth-order valence-electron chi connectivity index (χ4n) is 1.26. The van der Waals surface area contributed by atoms with E-state index < -0.39 is 0 Å². The van der Waals surface area contributed by atoms with Crippen LogP contribution in [-0.4, -0.2) is 15.1 Å². The molecule has 1 heterocycles. The molecule has 0 saturated carbocycles. The van der Waals surface area contributed by atoms with Gasteiger partial charge in [-0.25, -0.2) is 9.97 Å². The van der Waals surface area contributed by atoms with Crippen molar-refractivity contribution in [1.29, 1.82) is 0 Å². The van der Waals surface area contributed by atoms with Crippen LogP contribution in [0.5, 0.6) is 5.75 Å². The molecule has 0 spiro atoms. The van der Waals surface area contributed by atoms with Crippen molar-refractivity contribution in [2.45, 2.75) is 6.54 Å². The molecule has 0 radical (unpaired) electrons. The molecule has 0 aliphatic rings. The highest BCUT2D eigenvalue weighted by atomic mass is 79.9. The van der Waals surface area contributed by atoms with E-state index in [9.17, 15) is 5.11 Å². The van der Waals surface area contributed by atoms with Crippen LogP contribution in [0.25, 0.3) is 0 Å². The van der Waals surface area contributed by atoms with Crippen LogP contribution in [0.1, 0.15) is 5.82 Å². The van der Waals surface area contributed by atoms with Gasteiger partial charge in [0.05, 0.1) is 6.54 Å². The fourth-order valence-corrected chi connectivity index (χ4v) is 1.58.